The van der Waals surface area contributed by atoms with Gasteiger partial charge in [0.25, 0.3) is 0 Å². The molecule has 3 aromatic rings. The van der Waals surface area contributed by atoms with Crippen molar-refractivity contribution < 1.29 is 13.2 Å². The number of aromatic nitrogens is 2. The highest BCUT2D eigenvalue weighted by Crippen LogP contribution is 2.44. The van der Waals surface area contributed by atoms with Gasteiger partial charge in [-0.25, -0.2) is 14.3 Å². The van der Waals surface area contributed by atoms with Crippen molar-refractivity contribution in [2.75, 3.05) is 67.1 Å². The Balaban J connectivity index is 1.66. The van der Waals surface area contributed by atoms with Crippen LogP contribution in [-0.4, -0.2) is 71.2 Å². The third-order valence-electron chi connectivity index (χ3n) is 6.14. The zero-order valence-corrected chi connectivity index (χ0v) is 22.2. The van der Waals surface area contributed by atoms with Crippen LogP contribution in [0.15, 0.2) is 48.7 Å². The van der Waals surface area contributed by atoms with Gasteiger partial charge >= 0.3 is 10.2 Å². The average molecular weight is 512 g/mol. The number of nitrogens with zero attached hydrogens (tertiary/aromatic N) is 6. The van der Waals surface area contributed by atoms with E-state index in [2.05, 4.69) is 19.8 Å². The van der Waals surface area contributed by atoms with Gasteiger partial charge in [0.2, 0.25) is 0 Å². The second-order valence-electron chi connectivity index (χ2n) is 8.88. The molecule has 0 radical (unpaired) electrons. The number of likely N-dealkylation sites (N-methyl/N-ethyl adjacent to an activating group) is 2. The molecule has 2 heterocycles. The summed E-state index contributed by atoms with van der Waals surface area (Å²) in [6, 6.07) is 12.6. The predicted molar refractivity (Wildman–Crippen MR) is 145 cm³/mol. The maximum atomic E-state index is 13.3. The number of fused-ring (bicyclic) bond motifs is 1. The Bertz CT molecular complexity index is 1350. The summed E-state index contributed by atoms with van der Waals surface area (Å²) in [6.45, 7) is 3.82. The number of ether oxygens (including phenoxy) is 1. The van der Waals surface area contributed by atoms with Crippen LogP contribution in [0.5, 0.6) is 5.75 Å². The summed E-state index contributed by atoms with van der Waals surface area (Å²) in [7, 11) is 3.86. The Labute approximate surface area is 213 Å². The standard InChI is InChI=1S/C25H33N7O3S/c1-6-31-20-9-7-8-10-21(20)32(36(31,33)34)25-11-12-27-24(28-25)16-18-15-19(26)22(17-23(18)35-5)30(4)14-13-29(2)3/h7-12,15,17H,6,13-14,16,26H2,1-5H3. The summed E-state index contributed by atoms with van der Waals surface area (Å²) >= 11 is 0. The lowest BCUT2D eigenvalue weighted by Crippen LogP contribution is -2.35. The maximum absolute atomic E-state index is 13.3. The Morgan fingerprint density at radius 2 is 1.78 bits per heavy atom. The summed E-state index contributed by atoms with van der Waals surface area (Å²) < 4.78 is 35.0. The minimum Gasteiger partial charge on any atom is -0.496 e. The van der Waals surface area contributed by atoms with Crippen LogP contribution in [0.3, 0.4) is 0 Å². The molecule has 11 heteroatoms. The number of nitrogens with two attached hydrogens (primary N) is 1. The Hall–Kier alpha value is -3.57. The molecular formula is C25H33N7O3S. The first kappa shape index (κ1) is 25.5. The van der Waals surface area contributed by atoms with E-state index >= 15 is 0 Å². The van der Waals surface area contributed by atoms with Crippen molar-refractivity contribution in [3.05, 3.63) is 60.0 Å². The Morgan fingerprint density at radius 3 is 2.44 bits per heavy atom. The average Bonchev–Trinajstić information content (AvgIpc) is 3.08. The van der Waals surface area contributed by atoms with E-state index in [0.29, 0.717) is 41.6 Å². The van der Waals surface area contributed by atoms with Crippen molar-refractivity contribution in [3.63, 3.8) is 0 Å². The third-order valence-corrected chi connectivity index (χ3v) is 7.99. The number of rotatable bonds is 9. The van der Waals surface area contributed by atoms with Crippen LogP contribution in [0.2, 0.25) is 0 Å². The molecule has 0 aliphatic carbocycles. The molecule has 0 saturated heterocycles. The van der Waals surface area contributed by atoms with E-state index in [4.69, 9.17) is 10.5 Å². The molecule has 0 unspecified atom stereocenters. The topological polar surface area (TPSA) is 108 Å². The molecule has 192 valence electrons. The molecule has 10 nitrogen and oxygen atoms in total. The summed E-state index contributed by atoms with van der Waals surface area (Å²) in [5.74, 6) is 1.41. The van der Waals surface area contributed by atoms with Gasteiger partial charge in [-0.05, 0) is 39.2 Å². The lowest BCUT2D eigenvalue weighted by Gasteiger charge is -2.24. The first-order valence-electron chi connectivity index (χ1n) is 11.7. The summed E-state index contributed by atoms with van der Waals surface area (Å²) in [5.41, 5.74) is 9.92. The van der Waals surface area contributed by atoms with Crippen LogP contribution in [0.25, 0.3) is 0 Å². The molecule has 1 aromatic heterocycles. The zero-order chi connectivity index (χ0) is 26.0. The highest BCUT2D eigenvalue weighted by atomic mass is 32.2. The van der Waals surface area contributed by atoms with Gasteiger partial charge in [0, 0.05) is 57.0 Å². The first-order chi connectivity index (χ1) is 17.2. The lowest BCUT2D eigenvalue weighted by molar-refractivity contribution is 0.409. The zero-order valence-electron chi connectivity index (χ0n) is 21.3. The maximum Gasteiger partial charge on any atom is 0.332 e. The van der Waals surface area contributed by atoms with Crippen LogP contribution < -0.4 is 24.0 Å². The molecule has 1 aliphatic heterocycles. The van der Waals surface area contributed by atoms with E-state index in [9.17, 15) is 8.42 Å². The molecule has 0 amide bonds. The largest absolute Gasteiger partial charge is 0.496 e. The van der Waals surface area contributed by atoms with Gasteiger partial charge in [0.15, 0.2) is 5.82 Å². The molecule has 0 saturated carbocycles. The van der Waals surface area contributed by atoms with E-state index < -0.39 is 10.2 Å². The highest BCUT2D eigenvalue weighted by molar-refractivity contribution is 7.95. The van der Waals surface area contributed by atoms with Crippen molar-refractivity contribution >= 4 is 38.8 Å². The fourth-order valence-corrected chi connectivity index (χ4v) is 5.96. The summed E-state index contributed by atoms with van der Waals surface area (Å²) in [4.78, 5) is 13.2. The van der Waals surface area contributed by atoms with Crippen LogP contribution in [-0.2, 0) is 16.6 Å². The van der Waals surface area contributed by atoms with E-state index in [0.717, 1.165) is 24.3 Å². The van der Waals surface area contributed by atoms with Crippen LogP contribution in [0, 0.1) is 0 Å². The minimum absolute atomic E-state index is 0.287. The number of hydrogen-bond acceptors (Lipinski definition) is 8. The first-order valence-corrected chi connectivity index (χ1v) is 13.1. The monoisotopic (exact) mass is 511 g/mol. The fraction of sp³-hybridized carbons (Fsp3) is 0.360. The van der Waals surface area contributed by atoms with Crippen molar-refractivity contribution in [1.82, 2.24) is 14.9 Å². The van der Waals surface area contributed by atoms with E-state index in [1.54, 1.807) is 31.5 Å². The number of para-hydroxylation sites is 2. The number of nitrogen functional groups attached to an aromatic ring is 1. The van der Waals surface area contributed by atoms with Gasteiger partial charge in [-0.2, -0.15) is 8.42 Å². The third kappa shape index (κ3) is 4.76. The Kier molecular flexibility index (Phi) is 7.23. The summed E-state index contributed by atoms with van der Waals surface area (Å²) in [6.07, 6.45) is 1.90. The fourth-order valence-electron chi connectivity index (χ4n) is 4.29. The number of hydrogen-bond donors (Lipinski definition) is 1. The molecule has 36 heavy (non-hydrogen) atoms. The van der Waals surface area contributed by atoms with Gasteiger partial charge in [-0.1, -0.05) is 12.1 Å². The molecule has 2 aromatic carbocycles. The molecule has 4 rings (SSSR count). The van der Waals surface area contributed by atoms with Crippen LogP contribution in [0.1, 0.15) is 18.3 Å². The Morgan fingerprint density at radius 1 is 1.06 bits per heavy atom. The van der Waals surface area contributed by atoms with Gasteiger partial charge in [-0.15, -0.1) is 0 Å². The highest BCUT2D eigenvalue weighted by Gasteiger charge is 2.41. The van der Waals surface area contributed by atoms with Crippen molar-refractivity contribution in [3.8, 4) is 5.75 Å². The predicted octanol–water partition coefficient (Wildman–Crippen LogP) is 2.88. The lowest BCUT2D eigenvalue weighted by atomic mass is 10.1. The number of anilines is 5. The van der Waals surface area contributed by atoms with Gasteiger partial charge < -0.3 is 20.3 Å². The molecule has 0 bridgehead atoms. The van der Waals surface area contributed by atoms with Gasteiger partial charge in [0.1, 0.15) is 11.6 Å². The molecule has 1 aliphatic rings. The van der Waals surface area contributed by atoms with Crippen LogP contribution in [0.4, 0.5) is 28.6 Å². The number of methoxy groups -OCH3 is 1. The molecule has 2 N–H and O–H groups in total. The van der Waals surface area contributed by atoms with Gasteiger partial charge in [-0.3, -0.25) is 4.31 Å². The second kappa shape index (κ2) is 10.2. The van der Waals surface area contributed by atoms with Crippen LogP contribution >= 0.6 is 0 Å². The van der Waals surface area contributed by atoms with E-state index in [1.165, 1.54) is 8.61 Å². The SMILES string of the molecule is CCN1c2ccccc2N(c2ccnc(Cc3cc(N)c(N(C)CCN(C)C)cc3OC)n2)S1(=O)=O. The molecule has 0 fully saturated rings. The quantitative estimate of drug-likeness (QED) is 0.437. The van der Waals surface area contributed by atoms with Crippen molar-refractivity contribution in [2.45, 2.75) is 13.3 Å². The molecular weight excluding hydrogens is 478 g/mol. The smallest absolute Gasteiger partial charge is 0.332 e. The molecule has 0 atom stereocenters. The molecule has 0 spiro atoms. The number of benzene rings is 2. The van der Waals surface area contributed by atoms with Crippen molar-refractivity contribution in [2.24, 2.45) is 0 Å². The van der Waals surface area contributed by atoms with E-state index in [-0.39, 0.29) is 5.82 Å². The summed E-state index contributed by atoms with van der Waals surface area (Å²) in [5, 5.41) is 0. The van der Waals surface area contributed by atoms with Gasteiger partial charge in [0.05, 0.1) is 29.9 Å². The second-order valence-corrected chi connectivity index (χ2v) is 10.6. The van der Waals surface area contributed by atoms with E-state index in [1.807, 2.05) is 52.3 Å². The minimum atomic E-state index is -3.80. The van der Waals surface area contributed by atoms with Crippen molar-refractivity contribution in [1.29, 1.82) is 0 Å². The normalized spacial score (nSPS) is 14.3.